The lowest BCUT2D eigenvalue weighted by Crippen LogP contribution is -2.41. The fraction of sp³-hybridized carbons (Fsp3) is 0.533. The lowest BCUT2D eigenvalue weighted by Gasteiger charge is -2.32. The normalized spacial score (nSPS) is 18.5. The standard InChI is InChI=1S/C15H20N6O/c1-10-7-17-14(8-16-10)15(22)20-6-4-5-13(9-20)21-12(3)18-11(2)19-21/h7-8,13H,4-6,9H2,1-3H3/t13-/m1/s1. The molecular formula is C15H20N6O. The van der Waals surface area contributed by atoms with Gasteiger partial charge in [-0.15, -0.1) is 0 Å². The lowest BCUT2D eigenvalue weighted by molar-refractivity contribution is 0.0665. The quantitative estimate of drug-likeness (QED) is 0.839. The van der Waals surface area contributed by atoms with Crippen LogP contribution in [0.4, 0.5) is 0 Å². The van der Waals surface area contributed by atoms with Crippen LogP contribution in [0, 0.1) is 20.8 Å². The molecule has 0 spiro atoms. The van der Waals surface area contributed by atoms with E-state index in [4.69, 9.17) is 0 Å². The number of nitrogens with zero attached hydrogens (tertiary/aromatic N) is 6. The van der Waals surface area contributed by atoms with Gasteiger partial charge in [-0.05, 0) is 33.6 Å². The zero-order valence-electron chi connectivity index (χ0n) is 13.2. The Hall–Kier alpha value is -2.31. The van der Waals surface area contributed by atoms with E-state index >= 15 is 0 Å². The molecule has 1 atom stereocenters. The van der Waals surface area contributed by atoms with Gasteiger partial charge in [0.1, 0.15) is 17.3 Å². The van der Waals surface area contributed by atoms with Crippen molar-refractivity contribution >= 4 is 5.91 Å². The number of amides is 1. The Labute approximate surface area is 129 Å². The van der Waals surface area contributed by atoms with Gasteiger partial charge in [-0.25, -0.2) is 14.6 Å². The molecule has 7 heteroatoms. The summed E-state index contributed by atoms with van der Waals surface area (Å²) in [7, 11) is 0. The van der Waals surface area contributed by atoms with E-state index in [2.05, 4.69) is 20.1 Å². The maximum atomic E-state index is 12.6. The van der Waals surface area contributed by atoms with Crippen LogP contribution in [0.15, 0.2) is 12.4 Å². The van der Waals surface area contributed by atoms with Crippen molar-refractivity contribution < 1.29 is 4.79 Å². The largest absolute Gasteiger partial charge is 0.335 e. The Balaban J connectivity index is 1.76. The summed E-state index contributed by atoms with van der Waals surface area (Å²) in [5, 5.41) is 4.45. The zero-order valence-corrected chi connectivity index (χ0v) is 13.2. The van der Waals surface area contributed by atoms with Crippen LogP contribution in [0.25, 0.3) is 0 Å². The number of likely N-dealkylation sites (tertiary alicyclic amines) is 1. The molecule has 3 heterocycles. The second kappa shape index (κ2) is 5.82. The van der Waals surface area contributed by atoms with Crippen molar-refractivity contribution in [2.75, 3.05) is 13.1 Å². The van der Waals surface area contributed by atoms with Gasteiger partial charge in [-0.2, -0.15) is 5.10 Å². The Morgan fingerprint density at radius 2 is 2.05 bits per heavy atom. The van der Waals surface area contributed by atoms with E-state index in [0.717, 1.165) is 36.7 Å². The van der Waals surface area contributed by atoms with E-state index in [1.54, 1.807) is 12.4 Å². The summed E-state index contributed by atoms with van der Waals surface area (Å²) in [6, 6.07) is 0.178. The highest BCUT2D eigenvalue weighted by atomic mass is 16.2. The number of aromatic nitrogens is 5. The minimum Gasteiger partial charge on any atom is -0.335 e. The summed E-state index contributed by atoms with van der Waals surface area (Å²) in [4.78, 5) is 27.1. The number of carbonyl (C=O) groups excluding carboxylic acids is 1. The molecular weight excluding hydrogens is 280 g/mol. The number of piperidine rings is 1. The van der Waals surface area contributed by atoms with Gasteiger partial charge in [0, 0.05) is 19.3 Å². The molecule has 1 fully saturated rings. The van der Waals surface area contributed by atoms with Gasteiger partial charge in [-0.1, -0.05) is 0 Å². The third kappa shape index (κ3) is 2.84. The van der Waals surface area contributed by atoms with E-state index in [9.17, 15) is 4.79 Å². The van der Waals surface area contributed by atoms with Crippen LogP contribution in [0.3, 0.4) is 0 Å². The van der Waals surface area contributed by atoms with Crippen LogP contribution < -0.4 is 0 Å². The molecule has 22 heavy (non-hydrogen) atoms. The van der Waals surface area contributed by atoms with Gasteiger partial charge in [0.25, 0.3) is 5.91 Å². The molecule has 7 nitrogen and oxygen atoms in total. The molecule has 2 aromatic rings. The highest BCUT2D eigenvalue weighted by Crippen LogP contribution is 2.23. The fourth-order valence-electron chi connectivity index (χ4n) is 2.89. The Morgan fingerprint density at radius 1 is 1.23 bits per heavy atom. The maximum Gasteiger partial charge on any atom is 0.274 e. The van der Waals surface area contributed by atoms with Crippen LogP contribution in [-0.2, 0) is 0 Å². The van der Waals surface area contributed by atoms with Crippen molar-refractivity contribution in [1.82, 2.24) is 29.6 Å². The van der Waals surface area contributed by atoms with Gasteiger partial charge in [0.05, 0.1) is 17.9 Å². The Morgan fingerprint density at radius 3 is 2.68 bits per heavy atom. The Bertz CT molecular complexity index is 678. The predicted octanol–water partition coefficient (Wildman–Crippen LogP) is 1.47. The average Bonchev–Trinajstić information content (AvgIpc) is 2.86. The molecule has 1 aliphatic rings. The van der Waals surface area contributed by atoms with Crippen molar-refractivity contribution in [3.05, 3.63) is 35.4 Å². The summed E-state index contributed by atoms with van der Waals surface area (Å²) in [6.45, 7) is 7.08. The molecule has 0 unspecified atom stereocenters. The highest BCUT2D eigenvalue weighted by molar-refractivity contribution is 5.92. The SMILES string of the molecule is Cc1cnc(C(=O)N2CCC[C@@H](n3nc(C)nc3C)C2)cn1. The molecule has 3 rings (SSSR count). The number of hydrogen-bond donors (Lipinski definition) is 0. The monoisotopic (exact) mass is 300 g/mol. The van der Waals surface area contributed by atoms with E-state index in [-0.39, 0.29) is 11.9 Å². The molecule has 0 bridgehead atoms. The van der Waals surface area contributed by atoms with Gasteiger partial charge < -0.3 is 4.90 Å². The zero-order chi connectivity index (χ0) is 15.7. The minimum absolute atomic E-state index is 0.0632. The third-order valence-electron chi connectivity index (χ3n) is 3.94. The fourth-order valence-corrected chi connectivity index (χ4v) is 2.89. The first kappa shape index (κ1) is 14.6. The highest BCUT2D eigenvalue weighted by Gasteiger charge is 2.27. The first-order valence-corrected chi connectivity index (χ1v) is 7.52. The molecule has 0 radical (unpaired) electrons. The van der Waals surface area contributed by atoms with Crippen molar-refractivity contribution in [3.63, 3.8) is 0 Å². The molecule has 116 valence electrons. The van der Waals surface area contributed by atoms with Gasteiger partial charge in [0.15, 0.2) is 0 Å². The summed E-state index contributed by atoms with van der Waals surface area (Å²) in [5.74, 6) is 1.60. The number of hydrogen-bond acceptors (Lipinski definition) is 5. The maximum absolute atomic E-state index is 12.6. The summed E-state index contributed by atoms with van der Waals surface area (Å²) >= 11 is 0. The van der Waals surface area contributed by atoms with Gasteiger partial charge in [-0.3, -0.25) is 9.78 Å². The topological polar surface area (TPSA) is 76.8 Å². The smallest absolute Gasteiger partial charge is 0.274 e. The molecule has 1 saturated heterocycles. The molecule has 1 amide bonds. The van der Waals surface area contributed by atoms with Crippen LogP contribution in [0.1, 0.15) is 46.7 Å². The average molecular weight is 300 g/mol. The van der Waals surface area contributed by atoms with Crippen molar-refractivity contribution in [2.24, 2.45) is 0 Å². The molecule has 0 saturated carbocycles. The van der Waals surface area contributed by atoms with Crippen LogP contribution in [0.2, 0.25) is 0 Å². The van der Waals surface area contributed by atoms with Crippen LogP contribution >= 0.6 is 0 Å². The van der Waals surface area contributed by atoms with E-state index in [1.165, 1.54) is 0 Å². The third-order valence-corrected chi connectivity index (χ3v) is 3.94. The molecule has 0 N–H and O–H groups in total. The summed E-state index contributed by atoms with van der Waals surface area (Å²) in [5.41, 5.74) is 1.21. The minimum atomic E-state index is -0.0632. The van der Waals surface area contributed by atoms with Crippen molar-refractivity contribution in [1.29, 1.82) is 0 Å². The van der Waals surface area contributed by atoms with E-state index in [1.807, 2.05) is 30.4 Å². The van der Waals surface area contributed by atoms with Gasteiger partial charge in [0.2, 0.25) is 0 Å². The van der Waals surface area contributed by atoms with Crippen LogP contribution in [0.5, 0.6) is 0 Å². The Kier molecular flexibility index (Phi) is 3.87. The summed E-state index contributed by atoms with van der Waals surface area (Å²) < 4.78 is 1.94. The van der Waals surface area contributed by atoms with Gasteiger partial charge >= 0.3 is 0 Å². The summed E-state index contributed by atoms with van der Waals surface area (Å²) in [6.07, 6.45) is 5.13. The number of rotatable bonds is 2. The van der Waals surface area contributed by atoms with E-state index in [0.29, 0.717) is 12.2 Å². The van der Waals surface area contributed by atoms with E-state index < -0.39 is 0 Å². The molecule has 0 aromatic carbocycles. The number of carbonyl (C=O) groups is 1. The van der Waals surface area contributed by atoms with Crippen molar-refractivity contribution in [2.45, 2.75) is 39.7 Å². The molecule has 0 aliphatic carbocycles. The first-order valence-electron chi connectivity index (χ1n) is 7.52. The second-order valence-corrected chi connectivity index (χ2v) is 5.74. The van der Waals surface area contributed by atoms with Crippen molar-refractivity contribution in [3.8, 4) is 0 Å². The lowest BCUT2D eigenvalue weighted by atomic mass is 10.1. The second-order valence-electron chi connectivity index (χ2n) is 5.74. The number of aryl methyl sites for hydroxylation is 3. The first-order chi connectivity index (χ1) is 10.5. The van der Waals surface area contributed by atoms with Crippen LogP contribution in [-0.4, -0.2) is 48.6 Å². The predicted molar refractivity (Wildman–Crippen MR) is 80.4 cm³/mol. The molecule has 2 aromatic heterocycles. The molecule has 1 aliphatic heterocycles.